The molecule has 1 amide bonds. The summed E-state index contributed by atoms with van der Waals surface area (Å²) in [5, 5.41) is 18.4. The van der Waals surface area contributed by atoms with Crippen molar-refractivity contribution in [3.8, 4) is 0 Å². The SMILES string of the molecule is Cc1nn(CC(=O)NCC2(N3CCOCC3)CCCCC2)c(C)c1[N+](=O)[O-]. The molecule has 0 bridgehead atoms. The number of amides is 1. The number of carbonyl (C=O) groups excluding carboxylic acids is 1. The fraction of sp³-hybridized carbons (Fsp3) is 0.778. The molecule has 2 aliphatic rings. The van der Waals surface area contributed by atoms with Crippen molar-refractivity contribution >= 4 is 11.6 Å². The van der Waals surface area contributed by atoms with Crippen LogP contribution in [0.15, 0.2) is 0 Å². The van der Waals surface area contributed by atoms with Crippen LogP contribution in [0.5, 0.6) is 0 Å². The molecular weight excluding hydrogens is 350 g/mol. The molecule has 0 spiro atoms. The van der Waals surface area contributed by atoms with E-state index in [9.17, 15) is 14.9 Å². The lowest BCUT2D eigenvalue weighted by Gasteiger charge is -2.48. The normalized spacial score (nSPS) is 20.4. The van der Waals surface area contributed by atoms with Gasteiger partial charge in [0.15, 0.2) is 0 Å². The second-order valence-electron chi connectivity index (χ2n) is 7.60. The minimum Gasteiger partial charge on any atom is -0.379 e. The Balaban J connectivity index is 1.64. The molecule has 9 heteroatoms. The minimum absolute atomic E-state index is 0.000293. The number of ether oxygens (including phenoxy) is 1. The maximum Gasteiger partial charge on any atom is 0.312 e. The van der Waals surface area contributed by atoms with Crippen molar-refractivity contribution in [2.45, 2.75) is 58.0 Å². The van der Waals surface area contributed by atoms with Gasteiger partial charge in [-0.05, 0) is 26.7 Å². The van der Waals surface area contributed by atoms with Crippen LogP contribution in [0.1, 0.15) is 43.5 Å². The van der Waals surface area contributed by atoms with E-state index in [-0.39, 0.29) is 23.7 Å². The molecule has 2 fully saturated rings. The fourth-order valence-corrected chi connectivity index (χ4v) is 4.41. The Morgan fingerprint density at radius 1 is 1.26 bits per heavy atom. The molecule has 0 radical (unpaired) electrons. The van der Waals surface area contributed by atoms with E-state index in [1.54, 1.807) is 13.8 Å². The van der Waals surface area contributed by atoms with Gasteiger partial charge in [-0.2, -0.15) is 5.10 Å². The molecule has 1 aliphatic heterocycles. The average Bonchev–Trinajstić information content (AvgIpc) is 2.95. The molecule has 3 rings (SSSR count). The van der Waals surface area contributed by atoms with E-state index in [0.717, 1.165) is 39.1 Å². The standard InChI is InChI=1S/C18H29N5O4/c1-14-17(23(25)26)15(2)22(20-14)12-16(24)19-13-18(6-4-3-5-7-18)21-8-10-27-11-9-21/h3-13H2,1-2H3,(H,19,24). The molecule has 1 saturated carbocycles. The molecule has 27 heavy (non-hydrogen) atoms. The highest BCUT2D eigenvalue weighted by molar-refractivity contribution is 5.76. The molecule has 1 N–H and O–H groups in total. The number of nitrogens with one attached hydrogen (secondary N) is 1. The third kappa shape index (κ3) is 4.30. The second kappa shape index (κ2) is 8.35. The van der Waals surface area contributed by atoms with Crippen molar-refractivity contribution in [1.82, 2.24) is 20.0 Å². The van der Waals surface area contributed by atoms with E-state index in [4.69, 9.17) is 4.74 Å². The Kier molecular flexibility index (Phi) is 6.11. The number of carbonyl (C=O) groups is 1. The number of hydrogen-bond acceptors (Lipinski definition) is 6. The minimum atomic E-state index is -0.443. The third-order valence-electron chi connectivity index (χ3n) is 5.90. The highest BCUT2D eigenvalue weighted by atomic mass is 16.6. The molecule has 1 aliphatic carbocycles. The maximum atomic E-state index is 12.5. The number of morpholine rings is 1. The van der Waals surface area contributed by atoms with Gasteiger partial charge in [0.05, 0.1) is 18.1 Å². The zero-order valence-corrected chi connectivity index (χ0v) is 16.2. The summed E-state index contributed by atoms with van der Waals surface area (Å²) in [6, 6.07) is 0. The van der Waals surface area contributed by atoms with E-state index in [2.05, 4.69) is 15.3 Å². The van der Waals surface area contributed by atoms with E-state index in [0.29, 0.717) is 17.9 Å². The first-order valence-corrected chi connectivity index (χ1v) is 9.71. The quantitative estimate of drug-likeness (QED) is 0.594. The van der Waals surface area contributed by atoms with Crippen LogP contribution in [-0.4, -0.2) is 63.9 Å². The van der Waals surface area contributed by atoms with Crippen molar-refractivity contribution in [2.75, 3.05) is 32.8 Å². The van der Waals surface area contributed by atoms with Gasteiger partial charge in [-0.25, -0.2) is 0 Å². The predicted octanol–water partition coefficient (Wildman–Crippen LogP) is 1.56. The summed E-state index contributed by atoms with van der Waals surface area (Å²) in [5.74, 6) is -0.159. The van der Waals surface area contributed by atoms with Gasteiger partial charge < -0.3 is 10.1 Å². The number of nitro groups is 1. The number of aromatic nitrogens is 2. The van der Waals surface area contributed by atoms with Gasteiger partial charge in [-0.1, -0.05) is 19.3 Å². The van der Waals surface area contributed by atoms with E-state index in [1.165, 1.54) is 23.9 Å². The van der Waals surface area contributed by atoms with Gasteiger partial charge >= 0.3 is 5.69 Å². The smallest absolute Gasteiger partial charge is 0.312 e. The van der Waals surface area contributed by atoms with E-state index < -0.39 is 4.92 Å². The number of hydrogen-bond donors (Lipinski definition) is 1. The molecule has 2 heterocycles. The summed E-state index contributed by atoms with van der Waals surface area (Å²) in [6.07, 6.45) is 5.76. The number of aryl methyl sites for hydroxylation is 1. The van der Waals surface area contributed by atoms with Crippen LogP contribution < -0.4 is 5.32 Å². The van der Waals surface area contributed by atoms with Crippen molar-refractivity contribution < 1.29 is 14.5 Å². The summed E-state index contributed by atoms with van der Waals surface area (Å²) in [4.78, 5) is 25.7. The van der Waals surface area contributed by atoms with Crippen LogP contribution in [-0.2, 0) is 16.1 Å². The Morgan fingerprint density at radius 3 is 2.52 bits per heavy atom. The van der Waals surface area contributed by atoms with Gasteiger partial charge in [0.1, 0.15) is 17.9 Å². The fourth-order valence-electron chi connectivity index (χ4n) is 4.41. The van der Waals surface area contributed by atoms with Gasteiger partial charge in [-0.15, -0.1) is 0 Å². The topological polar surface area (TPSA) is 103 Å². The van der Waals surface area contributed by atoms with Crippen LogP contribution >= 0.6 is 0 Å². The van der Waals surface area contributed by atoms with Crippen molar-refractivity contribution in [2.24, 2.45) is 0 Å². The summed E-state index contributed by atoms with van der Waals surface area (Å²) >= 11 is 0. The summed E-state index contributed by atoms with van der Waals surface area (Å²) in [6.45, 7) is 7.11. The number of rotatable bonds is 6. The lowest BCUT2D eigenvalue weighted by atomic mass is 9.79. The third-order valence-corrected chi connectivity index (χ3v) is 5.90. The van der Waals surface area contributed by atoms with Crippen molar-refractivity contribution in [3.05, 3.63) is 21.5 Å². The lowest BCUT2D eigenvalue weighted by Crippen LogP contribution is -2.59. The van der Waals surface area contributed by atoms with Crippen LogP contribution in [0, 0.1) is 24.0 Å². The molecule has 1 aromatic rings. The summed E-state index contributed by atoms with van der Waals surface area (Å²) in [5.41, 5.74) is 0.731. The van der Waals surface area contributed by atoms with Gasteiger partial charge in [0.25, 0.3) is 0 Å². The molecule has 150 valence electrons. The first-order valence-electron chi connectivity index (χ1n) is 9.71. The zero-order valence-electron chi connectivity index (χ0n) is 16.2. The Morgan fingerprint density at radius 2 is 1.93 bits per heavy atom. The summed E-state index contributed by atoms with van der Waals surface area (Å²) in [7, 11) is 0. The molecule has 0 aromatic carbocycles. The Bertz CT molecular complexity index is 690. The van der Waals surface area contributed by atoms with Gasteiger partial charge in [0, 0.05) is 25.2 Å². The second-order valence-corrected chi connectivity index (χ2v) is 7.60. The van der Waals surface area contributed by atoms with Gasteiger partial charge in [-0.3, -0.25) is 24.5 Å². The van der Waals surface area contributed by atoms with E-state index in [1.807, 2.05) is 0 Å². The van der Waals surface area contributed by atoms with Gasteiger partial charge in [0.2, 0.25) is 5.91 Å². The van der Waals surface area contributed by atoms with Crippen LogP contribution in [0.25, 0.3) is 0 Å². The lowest BCUT2D eigenvalue weighted by molar-refractivity contribution is -0.386. The predicted molar refractivity (Wildman–Crippen MR) is 99.6 cm³/mol. The van der Waals surface area contributed by atoms with E-state index >= 15 is 0 Å². The monoisotopic (exact) mass is 379 g/mol. The Hall–Kier alpha value is -2.00. The largest absolute Gasteiger partial charge is 0.379 e. The first kappa shape index (κ1) is 19.8. The average molecular weight is 379 g/mol. The van der Waals surface area contributed by atoms with Crippen molar-refractivity contribution in [3.63, 3.8) is 0 Å². The molecule has 1 saturated heterocycles. The molecule has 0 unspecified atom stereocenters. The van der Waals surface area contributed by atoms with Crippen LogP contribution in [0.2, 0.25) is 0 Å². The van der Waals surface area contributed by atoms with Crippen LogP contribution in [0.4, 0.5) is 5.69 Å². The maximum absolute atomic E-state index is 12.5. The molecule has 1 aromatic heterocycles. The van der Waals surface area contributed by atoms with Crippen LogP contribution in [0.3, 0.4) is 0 Å². The molecule has 9 nitrogen and oxygen atoms in total. The van der Waals surface area contributed by atoms with Crippen molar-refractivity contribution in [1.29, 1.82) is 0 Å². The highest BCUT2D eigenvalue weighted by Crippen LogP contribution is 2.33. The summed E-state index contributed by atoms with van der Waals surface area (Å²) < 4.78 is 6.91. The number of nitrogens with zero attached hydrogens (tertiary/aromatic N) is 4. The zero-order chi connectivity index (χ0) is 19.4. The Labute approximate surface area is 159 Å². The molecule has 0 atom stereocenters. The first-order chi connectivity index (χ1) is 12.9. The molecular formula is C18H29N5O4. The highest BCUT2D eigenvalue weighted by Gasteiger charge is 2.38.